The van der Waals surface area contributed by atoms with E-state index in [2.05, 4.69) is 0 Å². The summed E-state index contributed by atoms with van der Waals surface area (Å²) in [5, 5.41) is 0. The fourth-order valence-corrected chi connectivity index (χ4v) is 3.47. The molecule has 0 N–H and O–H groups in total. The number of alkyl halides is 1. The number of nitrogens with zero attached hydrogens (tertiary/aromatic N) is 1. The maximum Gasteiger partial charge on any atom is 0.197 e. The molecule has 0 saturated heterocycles. The number of ether oxygens (including phenoxy) is 2. The van der Waals surface area contributed by atoms with E-state index >= 15 is 0 Å². The van der Waals surface area contributed by atoms with E-state index < -0.39 is 11.4 Å². The normalized spacial score (nSPS) is 12.3. The largest absolute Gasteiger partial charge is 0.490 e. The molecule has 168 valence electrons. The van der Waals surface area contributed by atoms with Crippen molar-refractivity contribution < 1.29 is 13.9 Å². The van der Waals surface area contributed by atoms with Crippen LogP contribution in [-0.4, -0.2) is 16.7 Å². The minimum Gasteiger partial charge on any atom is -0.490 e. The Bertz CT molecular complexity index is 1170. The highest BCUT2D eigenvalue weighted by molar-refractivity contribution is 6.21. The van der Waals surface area contributed by atoms with E-state index in [1.807, 2.05) is 33.9 Å². The molecule has 0 radical (unpaired) electrons. The Morgan fingerprint density at radius 2 is 1.78 bits per heavy atom. The van der Waals surface area contributed by atoms with E-state index in [1.54, 1.807) is 59.4 Å². The first-order valence-electron chi connectivity index (χ1n) is 10.5. The third kappa shape index (κ3) is 5.80. The maximum absolute atomic E-state index is 14.6. The van der Waals surface area contributed by atoms with Crippen molar-refractivity contribution >= 4 is 11.6 Å². The molecule has 3 rings (SSSR count). The number of hydrogen-bond donors (Lipinski definition) is 0. The standard InChI is InChI=1S/C26H27ClFNO3/c1-5-7-25(27)32-20-9-6-8-18(12-20)21-14-29(4)15-22(26(21)30)19-10-11-24(23(28)13-19)31-16-17(2)3/h5-15,17,25H,16H2,1-4H3. The molecule has 0 amide bonds. The minimum absolute atomic E-state index is 0.178. The van der Waals surface area contributed by atoms with Gasteiger partial charge in [0.05, 0.1) is 6.61 Å². The Morgan fingerprint density at radius 3 is 2.41 bits per heavy atom. The smallest absolute Gasteiger partial charge is 0.197 e. The van der Waals surface area contributed by atoms with E-state index in [0.717, 1.165) is 0 Å². The molecular formula is C26H27ClFNO3. The number of hydrogen-bond acceptors (Lipinski definition) is 3. The molecule has 0 fully saturated rings. The highest BCUT2D eigenvalue weighted by atomic mass is 35.5. The van der Waals surface area contributed by atoms with Crippen LogP contribution in [0.2, 0.25) is 0 Å². The Balaban J connectivity index is 1.98. The average Bonchev–Trinajstić information content (AvgIpc) is 2.74. The van der Waals surface area contributed by atoms with E-state index in [1.165, 1.54) is 6.07 Å². The fraction of sp³-hybridized carbons (Fsp3) is 0.269. The van der Waals surface area contributed by atoms with Crippen molar-refractivity contribution in [2.45, 2.75) is 26.3 Å². The molecule has 32 heavy (non-hydrogen) atoms. The average molecular weight is 456 g/mol. The lowest BCUT2D eigenvalue weighted by Crippen LogP contribution is -2.12. The molecule has 0 saturated carbocycles. The summed E-state index contributed by atoms with van der Waals surface area (Å²) in [6.07, 6.45) is 6.96. The molecule has 0 aliphatic rings. The number of halogens is 2. The van der Waals surface area contributed by atoms with Gasteiger partial charge in [-0.3, -0.25) is 4.79 Å². The summed E-state index contributed by atoms with van der Waals surface area (Å²) in [7, 11) is 1.82. The molecule has 0 aliphatic heterocycles. The van der Waals surface area contributed by atoms with Crippen molar-refractivity contribution in [3.05, 3.63) is 83.1 Å². The van der Waals surface area contributed by atoms with Gasteiger partial charge in [-0.2, -0.15) is 0 Å². The van der Waals surface area contributed by atoms with Crippen molar-refractivity contribution in [2.75, 3.05) is 6.61 Å². The second kappa shape index (κ2) is 10.5. The second-order valence-corrected chi connectivity index (χ2v) is 8.38. The first-order valence-corrected chi connectivity index (χ1v) is 10.9. The van der Waals surface area contributed by atoms with Crippen LogP contribution in [0.4, 0.5) is 4.39 Å². The lowest BCUT2D eigenvalue weighted by Gasteiger charge is -2.13. The summed E-state index contributed by atoms with van der Waals surface area (Å²) >= 11 is 6.12. The molecule has 1 atom stereocenters. The predicted octanol–water partition coefficient (Wildman–Crippen LogP) is 6.41. The van der Waals surface area contributed by atoms with Crippen molar-refractivity contribution in [3.8, 4) is 33.8 Å². The highest BCUT2D eigenvalue weighted by Crippen LogP contribution is 2.28. The van der Waals surface area contributed by atoms with Gasteiger partial charge in [0.2, 0.25) is 0 Å². The molecule has 6 heteroatoms. The van der Waals surface area contributed by atoms with Crippen LogP contribution < -0.4 is 14.9 Å². The van der Waals surface area contributed by atoms with Gasteiger partial charge in [-0.25, -0.2) is 4.39 Å². The van der Waals surface area contributed by atoms with Crippen LogP contribution in [0.5, 0.6) is 11.5 Å². The van der Waals surface area contributed by atoms with Crippen LogP contribution in [0.15, 0.2) is 71.8 Å². The van der Waals surface area contributed by atoms with Crippen LogP contribution in [0.3, 0.4) is 0 Å². The molecular weight excluding hydrogens is 429 g/mol. The van der Waals surface area contributed by atoms with Crippen LogP contribution in [-0.2, 0) is 7.05 Å². The zero-order valence-electron chi connectivity index (χ0n) is 18.6. The van der Waals surface area contributed by atoms with Crippen molar-refractivity contribution in [2.24, 2.45) is 13.0 Å². The van der Waals surface area contributed by atoms with Crippen molar-refractivity contribution in [1.29, 1.82) is 0 Å². The lowest BCUT2D eigenvalue weighted by molar-refractivity contribution is 0.259. The molecule has 1 heterocycles. The van der Waals surface area contributed by atoms with Crippen LogP contribution in [0.1, 0.15) is 20.8 Å². The van der Waals surface area contributed by atoms with Crippen molar-refractivity contribution in [3.63, 3.8) is 0 Å². The molecule has 1 aromatic heterocycles. The van der Waals surface area contributed by atoms with E-state index in [-0.39, 0.29) is 17.1 Å². The minimum atomic E-state index is -0.608. The molecule has 0 bridgehead atoms. The molecule has 0 spiro atoms. The van der Waals surface area contributed by atoms with Gasteiger partial charge >= 0.3 is 0 Å². The predicted molar refractivity (Wildman–Crippen MR) is 128 cm³/mol. The number of aromatic nitrogens is 1. The Hall–Kier alpha value is -3.05. The number of aryl methyl sites for hydroxylation is 1. The molecule has 4 nitrogen and oxygen atoms in total. The van der Waals surface area contributed by atoms with Crippen LogP contribution in [0, 0.1) is 11.7 Å². The van der Waals surface area contributed by atoms with Crippen LogP contribution >= 0.6 is 11.6 Å². The molecule has 0 aliphatic carbocycles. The van der Waals surface area contributed by atoms with E-state index in [0.29, 0.717) is 34.6 Å². The number of allylic oxidation sites excluding steroid dienone is 1. The van der Waals surface area contributed by atoms with Gasteiger partial charge < -0.3 is 14.0 Å². The van der Waals surface area contributed by atoms with Gasteiger partial charge in [-0.1, -0.05) is 49.7 Å². The topological polar surface area (TPSA) is 40.5 Å². The maximum atomic E-state index is 14.6. The van der Waals surface area contributed by atoms with Gasteiger partial charge in [0, 0.05) is 30.6 Å². The third-order valence-electron chi connectivity index (χ3n) is 4.71. The highest BCUT2D eigenvalue weighted by Gasteiger charge is 2.14. The zero-order valence-corrected chi connectivity index (χ0v) is 19.4. The number of rotatable bonds is 8. The van der Waals surface area contributed by atoms with Gasteiger partial charge in [0.15, 0.2) is 22.6 Å². The van der Waals surface area contributed by atoms with Gasteiger partial charge in [-0.15, -0.1) is 0 Å². The number of benzene rings is 2. The molecule has 1 unspecified atom stereocenters. The summed E-state index contributed by atoms with van der Waals surface area (Å²) in [5.41, 5.74) is 1.24. The zero-order chi connectivity index (χ0) is 23.3. The fourth-order valence-electron chi connectivity index (χ4n) is 3.22. The Labute approximate surface area is 192 Å². The van der Waals surface area contributed by atoms with Crippen LogP contribution in [0.25, 0.3) is 22.3 Å². The molecule has 3 aromatic rings. The Kier molecular flexibility index (Phi) is 7.75. The summed E-state index contributed by atoms with van der Waals surface area (Å²) in [4.78, 5) is 13.3. The first-order chi connectivity index (χ1) is 15.3. The SMILES string of the molecule is CC=CC(Cl)Oc1cccc(-c2cn(C)cc(-c3ccc(OCC(C)C)c(F)c3)c2=O)c1. The first kappa shape index (κ1) is 23.6. The quantitative estimate of drug-likeness (QED) is 0.291. The van der Waals surface area contributed by atoms with Gasteiger partial charge in [0.25, 0.3) is 0 Å². The molecule has 2 aromatic carbocycles. The number of pyridine rings is 1. The summed E-state index contributed by atoms with van der Waals surface area (Å²) < 4.78 is 27.6. The summed E-state index contributed by atoms with van der Waals surface area (Å²) in [6, 6.07) is 11.8. The van der Waals surface area contributed by atoms with Gasteiger partial charge in [-0.05, 0) is 54.3 Å². The van der Waals surface area contributed by atoms with Gasteiger partial charge in [0.1, 0.15) is 5.75 Å². The Morgan fingerprint density at radius 1 is 1.09 bits per heavy atom. The monoisotopic (exact) mass is 455 g/mol. The second-order valence-electron chi connectivity index (χ2n) is 7.95. The summed E-state index contributed by atoms with van der Waals surface area (Å²) in [6.45, 7) is 6.27. The van der Waals surface area contributed by atoms with E-state index in [4.69, 9.17) is 21.1 Å². The van der Waals surface area contributed by atoms with Crippen molar-refractivity contribution in [1.82, 2.24) is 4.57 Å². The summed E-state index contributed by atoms with van der Waals surface area (Å²) in [5.74, 6) is 0.510. The van der Waals surface area contributed by atoms with E-state index in [9.17, 15) is 9.18 Å². The lowest BCUT2D eigenvalue weighted by atomic mass is 10.0. The third-order valence-corrected chi connectivity index (χ3v) is 4.94.